The molecule has 0 aliphatic carbocycles. The Hall–Kier alpha value is -2.24. The van der Waals surface area contributed by atoms with Crippen LogP contribution in [0.2, 0.25) is 0 Å². The average Bonchev–Trinajstić information content (AvgIpc) is 3.06. The zero-order valence-corrected chi connectivity index (χ0v) is 15.5. The lowest BCUT2D eigenvalue weighted by Gasteiger charge is -2.19. The Morgan fingerprint density at radius 1 is 1.16 bits per heavy atom. The highest BCUT2D eigenvalue weighted by Gasteiger charge is 2.21. The molecule has 0 aliphatic rings. The maximum atomic E-state index is 12.2. The number of nitrogens with zero attached hydrogens (tertiary/aromatic N) is 1. The summed E-state index contributed by atoms with van der Waals surface area (Å²) in [7, 11) is 2.05. The molecule has 0 radical (unpaired) electrons. The minimum atomic E-state index is 0.0846. The summed E-state index contributed by atoms with van der Waals surface area (Å²) >= 11 is 1.71. The highest BCUT2D eigenvalue weighted by atomic mass is 32.1. The second-order valence-electron chi connectivity index (χ2n) is 6.35. The van der Waals surface area contributed by atoms with Gasteiger partial charge in [-0.05, 0) is 31.0 Å². The van der Waals surface area contributed by atoms with Crippen molar-refractivity contribution in [2.45, 2.75) is 19.4 Å². The lowest BCUT2D eigenvalue weighted by Crippen LogP contribution is -3.10. The van der Waals surface area contributed by atoms with Gasteiger partial charge in [0.15, 0.2) is 11.6 Å². The SMILES string of the molecule is C[C@H](c1nc2ccccc2s1)[NH+](C)CC(=O)NCCc1ccccc1. The summed E-state index contributed by atoms with van der Waals surface area (Å²) in [6.07, 6.45) is 0.860. The topological polar surface area (TPSA) is 46.4 Å². The summed E-state index contributed by atoms with van der Waals surface area (Å²) in [5.74, 6) is 0.0846. The van der Waals surface area contributed by atoms with E-state index in [9.17, 15) is 4.79 Å². The largest absolute Gasteiger partial charge is 0.351 e. The Kier molecular flexibility index (Phi) is 5.79. The maximum Gasteiger partial charge on any atom is 0.275 e. The molecule has 1 unspecified atom stereocenters. The number of carbonyl (C=O) groups is 1. The first kappa shape index (κ1) is 17.6. The average molecular weight is 354 g/mol. The summed E-state index contributed by atoms with van der Waals surface area (Å²) in [5, 5.41) is 4.10. The van der Waals surface area contributed by atoms with Crippen molar-refractivity contribution < 1.29 is 9.69 Å². The predicted octanol–water partition coefficient (Wildman–Crippen LogP) is 2.23. The number of quaternary nitrogens is 1. The molecule has 0 fully saturated rings. The number of rotatable bonds is 7. The third-order valence-electron chi connectivity index (χ3n) is 4.44. The highest BCUT2D eigenvalue weighted by molar-refractivity contribution is 7.18. The predicted molar refractivity (Wildman–Crippen MR) is 103 cm³/mol. The van der Waals surface area contributed by atoms with Gasteiger partial charge in [0.1, 0.15) is 6.04 Å². The summed E-state index contributed by atoms with van der Waals surface area (Å²) in [5.41, 5.74) is 2.28. The Morgan fingerprint density at radius 3 is 2.64 bits per heavy atom. The minimum absolute atomic E-state index is 0.0846. The first-order chi connectivity index (χ1) is 12.1. The number of amides is 1. The van der Waals surface area contributed by atoms with Crippen LogP contribution in [-0.4, -0.2) is 31.0 Å². The Balaban J connectivity index is 1.50. The van der Waals surface area contributed by atoms with Crippen LogP contribution in [0.1, 0.15) is 23.5 Å². The molecular weight excluding hydrogens is 330 g/mol. The van der Waals surface area contributed by atoms with Crippen molar-refractivity contribution in [2.24, 2.45) is 0 Å². The van der Waals surface area contributed by atoms with E-state index >= 15 is 0 Å². The van der Waals surface area contributed by atoms with Crippen LogP contribution >= 0.6 is 11.3 Å². The number of hydrogen-bond donors (Lipinski definition) is 2. The molecule has 1 aromatic heterocycles. The molecule has 0 saturated carbocycles. The number of thiazole rings is 1. The normalized spacial score (nSPS) is 13.5. The van der Waals surface area contributed by atoms with Crippen molar-refractivity contribution in [3.8, 4) is 0 Å². The van der Waals surface area contributed by atoms with Crippen LogP contribution in [0.4, 0.5) is 0 Å². The fourth-order valence-electron chi connectivity index (χ4n) is 2.75. The summed E-state index contributed by atoms with van der Waals surface area (Å²) in [6.45, 7) is 3.25. The maximum absolute atomic E-state index is 12.2. The Labute approximate surface area is 152 Å². The van der Waals surface area contributed by atoms with Crippen molar-refractivity contribution >= 4 is 27.5 Å². The second-order valence-corrected chi connectivity index (χ2v) is 7.41. The first-order valence-electron chi connectivity index (χ1n) is 8.62. The molecule has 0 saturated heterocycles. The second kappa shape index (κ2) is 8.23. The molecule has 5 heteroatoms. The number of aromatic nitrogens is 1. The van der Waals surface area contributed by atoms with E-state index in [1.165, 1.54) is 10.3 Å². The fraction of sp³-hybridized carbons (Fsp3) is 0.300. The van der Waals surface area contributed by atoms with Gasteiger partial charge >= 0.3 is 0 Å². The van der Waals surface area contributed by atoms with Crippen molar-refractivity contribution in [2.75, 3.05) is 20.1 Å². The molecule has 130 valence electrons. The van der Waals surface area contributed by atoms with Gasteiger partial charge in [-0.2, -0.15) is 0 Å². The summed E-state index contributed by atoms with van der Waals surface area (Å²) in [4.78, 5) is 18.1. The van der Waals surface area contributed by atoms with Crippen LogP contribution in [0, 0.1) is 0 Å². The number of benzene rings is 2. The third kappa shape index (κ3) is 4.65. The van der Waals surface area contributed by atoms with Gasteiger partial charge in [-0.25, -0.2) is 4.98 Å². The van der Waals surface area contributed by atoms with Crippen LogP contribution in [0.3, 0.4) is 0 Å². The highest BCUT2D eigenvalue weighted by Crippen LogP contribution is 2.24. The van der Waals surface area contributed by atoms with Crippen LogP contribution in [0.15, 0.2) is 54.6 Å². The van der Waals surface area contributed by atoms with Gasteiger partial charge in [0, 0.05) is 6.54 Å². The van der Waals surface area contributed by atoms with Gasteiger partial charge in [0.05, 0.1) is 17.3 Å². The molecule has 0 aliphatic heterocycles. The third-order valence-corrected chi connectivity index (χ3v) is 5.66. The van der Waals surface area contributed by atoms with Crippen LogP contribution in [-0.2, 0) is 11.2 Å². The van der Waals surface area contributed by atoms with E-state index in [4.69, 9.17) is 4.98 Å². The molecule has 2 atom stereocenters. The van der Waals surface area contributed by atoms with E-state index < -0.39 is 0 Å². The number of hydrogen-bond acceptors (Lipinski definition) is 3. The van der Waals surface area contributed by atoms with E-state index in [-0.39, 0.29) is 11.9 Å². The molecule has 0 bridgehead atoms. The molecule has 4 nitrogen and oxygen atoms in total. The Bertz CT molecular complexity index is 798. The van der Waals surface area contributed by atoms with E-state index in [2.05, 4.69) is 30.4 Å². The van der Waals surface area contributed by atoms with E-state index in [0.29, 0.717) is 13.1 Å². The van der Waals surface area contributed by atoms with E-state index in [1.807, 2.05) is 43.4 Å². The van der Waals surface area contributed by atoms with Crippen molar-refractivity contribution in [1.29, 1.82) is 0 Å². The van der Waals surface area contributed by atoms with Gasteiger partial charge in [-0.15, -0.1) is 11.3 Å². The van der Waals surface area contributed by atoms with E-state index in [0.717, 1.165) is 21.8 Å². The van der Waals surface area contributed by atoms with Crippen molar-refractivity contribution in [1.82, 2.24) is 10.3 Å². The molecule has 2 aromatic carbocycles. The first-order valence-corrected chi connectivity index (χ1v) is 9.43. The van der Waals surface area contributed by atoms with Gasteiger partial charge < -0.3 is 10.2 Å². The molecular formula is C20H24N3OS+. The standard InChI is InChI=1S/C20H23N3OS/c1-15(20-22-17-10-6-7-11-18(17)25-20)23(2)14-19(24)21-13-12-16-8-4-3-5-9-16/h3-11,15H,12-14H2,1-2H3,(H,21,24)/p+1/t15-/m1/s1. The summed E-state index contributed by atoms with van der Waals surface area (Å²) < 4.78 is 1.20. The van der Waals surface area contributed by atoms with Gasteiger partial charge in [0.25, 0.3) is 5.91 Å². The molecule has 1 amide bonds. The molecule has 2 N–H and O–H groups in total. The molecule has 25 heavy (non-hydrogen) atoms. The Morgan fingerprint density at radius 2 is 1.88 bits per heavy atom. The molecule has 1 heterocycles. The van der Waals surface area contributed by atoms with Crippen LogP contribution in [0.5, 0.6) is 0 Å². The van der Waals surface area contributed by atoms with Crippen molar-refractivity contribution in [3.05, 3.63) is 65.2 Å². The number of fused-ring (bicyclic) bond motifs is 1. The zero-order chi connectivity index (χ0) is 17.6. The minimum Gasteiger partial charge on any atom is -0.351 e. The molecule has 3 aromatic rings. The monoisotopic (exact) mass is 354 g/mol. The fourth-order valence-corrected chi connectivity index (χ4v) is 3.86. The number of likely N-dealkylation sites (N-methyl/N-ethyl adjacent to an activating group) is 1. The number of para-hydroxylation sites is 1. The molecule has 0 spiro atoms. The van der Waals surface area contributed by atoms with Crippen molar-refractivity contribution in [3.63, 3.8) is 0 Å². The van der Waals surface area contributed by atoms with Gasteiger partial charge in [-0.3, -0.25) is 4.79 Å². The lowest BCUT2D eigenvalue weighted by atomic mass is 10.1. The van der Waals surface area contributed by atoms with E-state index in [1.54, 1.807) is 11.3 Å². The zero-order valence-electron chi connectivity index (χ0n) is 14.7. The molecule has 3 rings (SSSR count). The summed E-state index contributed by atoms with van der Waals surface area (Å²) in [6, 6.07) is 18.6. The lowest BCUT2D eigenvalue weighted by molar-refractivity contribution is -0.902. The van der Waals surface area contributed by atoms with Gasteiger partial charge in [-0.1, -0.05) is 42.5 Å². The van der Waals surface area contributed by atoms with Crippen LogP contribution in [0.25, 0.3) is 10.2 Å². The van der Waals surface area contributed by atoms with Crippen LogP contribution < -0.4 is 10.2 Å². The smallest absolute Gasteiger partial charge is 0.275 e. The number of nitrogens with one attached hydrogen (secondary N) is 2. The number of carbonyl (C=O) groups excluding carboxylic acids is 1. The quantitative estimate of drug-likeness (QED) is 0.683. The van der Waals surface area contributed by atoms with Gasteiger partial charge in [0.2, 0.25) is 0 Å².